The van der Waals surface area contributed by atoms with Crippen molar-refractivity contribution in [2.45, 2.75) is 20.3 Å². The van der Waals surface area contributed by atoms with Gasteiger partial charge in [-0.15, -0.1) is 0 Å². The van der Waals surface area contributed by atoms with Gasteiger partial charge in [-0.2, -0.15) is 0 Å². The van der Waals surface area contributed by atoms with Crippen LogP contribution in [-0.2, 0) is 6.42 Å². The van der Waals surface area contributed by atoms with Gasteiger partial charge in [0.25, 0.3) is 11.8 Å². The van der Waals surface area contributed by atoms with Gasteiger partial charge in [-0.3, -0.25) is 19.5 Å². The molecule has 2 amide bonds. The molecule has 0 saturated carbocycles. The third-order valence-corrected chi connectivity index (χ3v) is 7.49. The molecule has 0 spiro atoms. The number of carbonyl (C=O) groups excluding carboxylic acids is 2. The summed E-state index contributed by atoms with van der Waals surface area (Å²) in [5.74, 6) is -0.483. The third-order valence-electron chi connectivity index (χ3n) is 7.49. The number of benzene rings is 3. The Hall–Kier alpha value is -4.03. The molecule has 0 bridgehead atoms. The van der Waals surface area contributed by atoms with Crippen molar-refractivity contribution in [2.75, 3.05) is 42.5 Å². The standard InChI is InChI=1S/C31H30N4O2/c1-21-9-11-25-27(19-21)31(37)35(30(25)36)24-6-3-5-23(20-24)13-14-33-15-17-34(18-16-33)29-8-4-7-28-26(29)12-10-22(2)32-28/h3-12,19-20H,13-18H2,1-2H3. The van der Waals surface area contributed by atoms with E-state index >= 15 is 0 Å². The van der Waals surface area contributed by atoms with Crippen LogP contribution in [0.4, 0.5) is 11.4 Å². The summed E-state index contributed by atoms with van der Waals surface area (Å²) in [7, 11) is 0. The van der Waals surface area contributed by atoms with Crippen LogP contribution in [0, 0.1) is 13.8 Å². The molecule has 6 rings (SSSR count). The van der Waals surface area contributed by atoms with Crippen LogP contribution < -0.4 is 9.80 Å². The van der Waals surface area contributed by atoms with Crippen molar-refractivity contribution in [1.82, 2.24) is 9.88 Å². The van der Waals surface area contributed by atoms with Gasteiger partial charge in [0.2, 0.25) is 0 Å². The average Bonchev–Trinajstić information content (AvgIpc) is 3.16. The number of pyridine rings is 1. The van der Waals surface area contributed by atoms with E-state index in [1.54, 1.807) is 12.1 Å². The Balaban J connectivity index is 1.10. The lowest BCUT2D eigenvalue weighted by molar-refractivity contribution is 0.0926. The summed E-state index contributed by atoms with van der Waals surface area (Å²) in [6.07, 6.45) is 0.869. The number of aryl methyl sites for hydroxylation is 2. The number of nitrogens with zero attached hydrogens (tertiary/aromatic N) is 4. The van der Waals surface area contributed by atoms with E-state index in [1.165, 1.54) is 16.0 Å². The molecule has 4 aromatic rings. The molecule has 0 unspecified atom stereocenters. The first-order valence-corrected chi connectivity index (χ1v) is 12.9. The second kappa shape index (κ2) is 9.45. The number of imide groups is 1. The molecule has 0 N–H and O–H groups in total. The van der Waals surface area contributed by atoms with Gasteiger partial charge in [-0.05, 0) is 74.4 Å². The van der Waals surface area contributed by atoms with Gasteiger partial charge in [0.05, 0.1) is 22.3 Å². The summed E-state index contributed by atoms with van der Waals surface area (Å²) in [5.41, 5.74) is 7.07. The second-order valence-corrected chi connectivity index (χ2v) is 10.0. The van der Waals surface area contributed by atoms with Crippen LogP contribution in [0.25, 0.3) is 10.9 Å². The fraction of sp³-hybridized carbons (Fsp3) is 0.258. The number of hydrogen-bond acceptors (Lipinski definition) is 5. The Labute approximate surface area is 217 Å². The summed E-state index contributed by atoms with van der Waals surface area (Å²) >= 11 is 0. The summed E-state index contributed by atoms with van der Waals surface area (Å²) in [4.78, 5) is 36.9. The van der Waals surface area contributed by atoms with Crippen molar-refractivity contribution in [1.29, 1.82) is 0 Å². The highest BCUT2D eigenvalue weighted by Gasteiger charge is 2.36. The molecule has 6 heteroatoms. The fourth-order valence-electron chi connectivity index (χ4n) is 5.46. The minimum absolute atomic E-state index is 0.240. The molecule has 2 aliphatic rings. The van der Waals surface area contributed by atoms with E-state index in [9.17, 15) is 9.59 Å². The monoisotopic (exact) mass is 490 g/mol. The zero-order valence-electron chi connectivity index (χ0n) is 21.3. The van der Waals surface area contributed by atoms with Gasteiger partial charge >= 0.3 is 0 Å². The Morgan fingerprint density at radius 1 is 0.784 bits per heavy atom. The van der Waals surface area contributed by atoms with Crippen LogP contribution in [0.3, 0.4) is 0 Å². The highest BCUT2D eigenvalue weighted by atomic mass is 16.2. The zero-order valence-corrected chi connectivity index (χ0v) is 21.3. The Morgan fingerprint density at radius 2 is 1.57 bits per heavy atom. The van der Waals surface area contributed by atoms with E-state index in [1.807, 2.05) is 38.1 Å². The minimum Gasteiger partial charge on any atom is -0.368 e. The van der Waals surface area contributed by atoms with Gasteiger partial charge in [-0.1, -0.05) is 29.8 Å². The predicted molar refractivity (Wildman–Crippen MR) is 148 cm³/mol. The highest BCUT2D eigenvalue weighted by Crippen LogP contribution is 2.30. The summed E-state index contributed by atoms with van der Waals surface area (Å²) in [6, 6.07) is 23.9. The number of rotatable bonds is 5. The number of hydrogen-bond donors (Lipinski definition) is 0. The topological polar surface area (TPSA) is 56.8 Å². The number of carbonyl (C=O) groups is 2. The molecule has 186 valence electrons. The first-order valence-electron chi connectivity index (χ1n) is 12.9. The van der Waals surface area contributed by atoms with Crippen LogP contribution >= 0.6 is 0 Å². The van der Waals surface area contributed by atoms with Crippen LogP contribution in [0.5, 0.6) is 0 Å². The van der Waals surface area contributed by atoms with Crippen molar-refractivity contribution < 1.29 is 9.59 Å². The lowest BCUT2D eigenvalue weighted by Gasteiger charge is -2.36. The van der Waals surface area contributed by atoms with Gasteiger partial charge in [0, 0.05) is 49.5 Å². The number of aromatic nitrogens is 1. The van der Waals surface area contributed by atoms with E-state index in [0.717, 1.165) is 61.5 Å². The van der Waals surface area contributed by atoms with Crippen molar-refractivity contribution in [2.24, 2.45) is 0 Å². The van der Waals surface area contributed by atoms with Crippen LogP contribution in [0.1, 0.15) is 37.5 Å². The number of piperazine rings is 1. The predicted octanol–water partition coefficient (Wildman–Crippen LogP) is 5.02. The van der Waals surface area contributed by atoms with Crippen molar-refractivity contribution in [3.05, 3.63) is 101 Å². The van der Waals surface area contributed by atoms with Gasteiger partial charge in [0.1, 0.15) is 0 Å². The molecule has 1 aromatic heterocycles. The molecule has 1 fully saturated rings. The van der Waals surface area contributed by atoms with E-state index < -0.39 is 0 Å². The maximum absolute atomic E-state index is 13.0. The molecular weight excluding hydrogens is 460 g/mol. The number of amides is 2. The van der Waals surface area contributed by atoms with Crippen LogP contribution in [0.15, 0.2) is 72.8 Å². The Kier molecular flexibility index (Phi) is 5.97. The van der Waals surface area contributed by atoms with Crippen molar-refractivity contribution >= 4 is 34.1 Å². The summed E-state index contributed by atoms with van der Waals surface area (Å²) in [6.45, 7) is 8.83. The summed E-state index contributed by atoms with van der Waals surface area (Å²) < 4.78 is 0. The maximum Gasteiger partial charge on any atom is 0.266 e. The molecule has 0 radical (unpaired) electrons. The van der Waals surface area contributed by atoms with Gasteiger partial charge in [0.15, 0.2) is 0 Å². The Bertz CT molecular complexity index is 1520. The summed E-state index contributed by atoms with van der Waals surface area (Å²) in [5, 5.41) is 1.21. The Morgan fingerprint density at radius 3 is 2.41 bits per heavy atom. The van der Waals surface area contributed by atoms with Gasteiger partial charge in [-0.25, -0.2) is 4.90 Å². The quantitative estimate of drug-likeness (QED) is 0.368. The highest BCUT2D eigenvalue weighted by molar-refractivity contribution is 6.34. The van der Waals surface area contributed by atoms with Crippen molar-refractivity contribution in [3.8, 4) is 0 Å². The molecule has 3 aromatic carbocycles. The molecule has 0 aliphatic carbocycles. The molecule has 6 nitrogen and oxygen atoms in total. The molecule has 3 heterocycles. The van der Waals surface area contributed by atoms with Crippen LogP contribution in [0.2, 0.25) is 0 Å². The van der Waals surface area contributed by atoms with E-state index in [4.69, 9.17) is 0 Å². The van der Waals surface area contributed by atoms with E-state index in [0.29, 0.717) is 16.8 Å². The zero-order chi connectivity index (χ0) is 25.5. The molecule has 37 heavy (non-hydrogen) atoms. The second-order valence-electron chi connectivity index (χ2n) is 10.0. The normalized spacial score (nSPS) is 16.1. The van der Waals surface area contributed by atoms with Gasteiger partial charge < -0.3 is 4.90 Å². The third kappa shape index (κ3) is 4.38. The van der Waals surface area contributed by atoms with Crippen LogP contribution in [-0.4, -0.2) is 54.4 Å². The fourth-order valence-corrected chi connectivity index (χ4v) is 5.46. The molecule has 1 saturated heterocycles. The largest absolute Gasteiger partial charge is 0.368 e. The smallest absolute Gasteiger partial charge is 0.266 e. The average molecular weight is 491 g/mol. The minimum atomic E-state index is -0.243. The van der Waals surface area contributed by atoms with E-state index in [2.05, 4.69) is 51.2 Å². The SMILES string of the molecule is Cc1ccc2c(c1)C(=O)N(c1cccc(CCN3CCN(c4cccc5nc(C)ccc45)CC3)c1)C2=O. The maximum atomic E-state index is 13.0. The first-order chi connectivity index (χ1) is 18.0. The lowest BCUT2D eigenvalue weighted by atomic mass is 10.1. The van der Waals surface area contributed by atoms with E-state index in [-0.39, 0.29) is 11.8 Å². The lowest BCUT2D eigenvalue weighted by Crippen LogP contribution is -2.47. The molecular formula is C31H30N4O2. The molecule has 0 atom stereocenters. The number of fused-ring (bicyclic) bond motifs is 2. The number of anilines is 2. The van der Waals surface area contributed by atoms with Crippen molar-refractivity contribution in [3.63, 3.8) is 0 Å². The molecule has 2 aliphatic heterocycles. The first kappa shape index (κ1) is 23.4.